The van der Waals surface area contributed by atoms with E-state index in [0.717, 1.165) is 67.3 Å². The van der Waals surface area contributed by atoms with Crippen LogP contribution in [0.5, 0.6) is 0 Å². The van der Waals surface area contributed by atoms with Gasteiger partial charge in [-0.2, -0.15) is 0 Å². The summed E-state index contributed by atoms with van der Waals surface area (Å²) in [5.41, 5.74) is 12.8. The molecule has 0 saturated carbocycles. The summed E-state index contributed by atoms with van der Waals surface area (Å²) in [7, 11) is 0. The standard InChI is InChI=1S/C40H28N2/c1-5-13-31(14-6-1)37-25-35(26-38(41-37)32-15-7-2-8-16-32)29-21-23-30(24-22-29)36-27-39(33-17-9-3-10-18-33)42-40(28-36)34-19-11-4-12-20-34/h1-28H. The molecule has 2 heteroatoms. The second-order valence-corrected chi connectivity index (χ2v) is 10.3. The summed E-state index contributed by atoms with van der Waals surface area (Å²) in [6, 6.07) is 59.1. The molecule has 7 rings (SSSR count). The third-order valence-electron chi connectivity index (χ3n) is 7.48. The lowest BCUT2D eigenvalue weighted by Crippen LogP contribution is -1.92. The van der Waals surface area contributed by atoms with Crippen molar-refractivity contribution in [3.05, 3.63) is 170 Å². The molecule has 0 aliphatic carbocycles. The Morgan fingerprint density at radius 3 is 0.690 bits per heavy atom. The fourth-order valence-corrected chi connectivity index (χ4v) is 5.28. The number of aromatic nitrogens is 2. The Balaban J connectivity index is 1.31. The summed E-state index contributed by atoms with van der Waals surface area (Å²) in [5, 5.41) is 0. The van der Waals surface area contributed by atoms with Crippen LogP contribution in [0.2, 0.25) is 0 Å². The van der Waals surface area contributed by atoms with Gasteiger partial charge in [0.05, 0.1) is 22.8 Å². The Hall–Kier alpha value is -5.60. The third-order valence-corrected chi connectivity index (χ3v) is 7.48. The number of hydrogen-bond donors (Lipinski definition) is 0. The van der Waals surface area contributed by atoms with Crippen molar-refractivity contribution in [3.8, 4) is 67.3 Å². The monoisotopic (exact) mass is 536 g/mol. The fourth-order valence-electron chi connectivity index (χ4n) is 5.28. The van der Waals surface area contributed by atoms with Gasteiger partial charge in [-0.3, -0.25) is 0 Å². The minimum atomic E-state index is 0.963. The van der Waals surface area contributed by atoms with Crippen molar-refractivity contribution in [3.63, 3.8) is 0 Å². The topological polar surface area (TPSA) is 25.8 Å². The maximum Gasteiger partial charge on any atom is 0.0715 e. The van der Waals surface area contributed by atoms with Crippen LogP contribution in [-0.2, 0) is 0 Å². The Labute approximate surface area is 246 Å². The molecule has 0 fully saturated rings. The molecule has 2 heterocycles. The van der Waals surface area contributed by atoms with E-state index in [1.807, 2.05) is 24.3 Å². The largest absolute Gasteiger partial charge is 0.248 e. The molecular weight excluding hydrogens is 508 g/mol. The molecule has 0 bridgehead atoms. The summed E-state index contributed by atoms with van der Waals surface area (Å²) in [6.45, 7) is 0. The van der Waals surface area contributed by atoms with Gasteiger partial charge in [0.15, 0.2) is 0 Å². The number of hydrogen-bond acceptors (Lipinski definition) is 2. The Kier molecular flexibility index (Phi) is 6.94. The quantitative estimate of drug-likeness (QED) is 0.211. The third kappa shape index (κ3) is 5.39. The van der Waals surface area contributed by atoms with Crippen LogP contribution in [0.25, 0.3) is 67.3 Å². The Bertz CT molecular complexity index is 1670. The lowest BCUT2D eigenvalue weighted by molar-refractivity contribution is 1.32. The molecule has 0 spiro atoms. The van der Waals surface area contributed by atoms with E-state index in [9.17, 15) is 0 Å². The molecule has 2 aromatic heterocycles. The molecule has 7 aromatic rings. The normalized spacial score (nSPS) is 10.9. The van der Waals surface area contributed by atoms with Crippen LogP contribution < -0.4 is 0 Å². The van der Waals surface area contributed by atoms with Gasteiger partial charge in [0.2, 0.25) is 0 Å². The smallest absolute Gasteiger partial charge is 0.0715 e. The molecule has 0 amide bonds. The van der Waals surface area contributed by atoms with Crippen molar-refractivity contribution in [2.75, 3.05) is 0 Å². The molecule has 2 nitrogen and oxygen atoms in total. The van der Waals surface area contributed by atoms with Gasteiger partial charge < -0.3 is 0 Å². The van der Waals surface area contributed by atoms with Crippen LogP contribution in [0.4, 0.5) is 0 Å². The highest BCUT2D eigenvalue weighted by molar-refractivity contribution is 5.80. The minimum absolute atomic E-state index is 0.963. The molecule has 198 valence electrons. The van der Waals surface area contributed by atoms with E-state index in [4.69, 9.17) is 9.97 Å². The van der Waals surface area contributed by atoms with E-state index in [1.54, 1.807) is 0 Å². The van der Waals surface area contributed by atoms with Crippen LogP contribution >= 0.6 is 0 Å². The first-order valence-corrected chi connectivity index (χ1v) is 14.2. The van der Waals surface area contributed by atoms with E-state index < -0.39 is 0 Å². The van der Waals surface area contributed by atoms with Crippen molar-refractivity contribution in [2.24, 2.45) is 0 Å². The molecule has 0 aliphatic heterocycles. The van der Waals surface area contributed by atoms with E-state index >= 15 is 0 Å². The average Bonchev–Trinajstić information content (AvgIpc) is 3.09. The lowest BCUT2D eigenvalue weighted by atomic mass is 9.96. The van der Waals surface area contributed by atoms with E-state index in [1.165, 1.54) is 0 Å². The van der Waals surface area contributed by atoms with Crippen molar-refractivity contribution >= 4 is 0 Å². The van der Waals surface area contributed by atoms with Crippen LogP contribution in [0.1, 0.15) is 0 Å². The zero-order valence-electron chi connectivity index (χ0n) is 23.1. The number of nitrogens with zero attached hydrogens (tertiary/aromatic N) is 2. The summed E-state index contributed by atoms with van der Waals surface area (Å²) in [6.07, 6.45) is 0. The van der Waals surface area contributed by atoms with Crippen LogP contribution in [0.3, 0.4) is 0 Å². The van der Waals surface area contributed by atoms with Crippen LogP contribution in [-0.4, -0.2) is 9.97 Å². The highest BCUT2D eigenvalue weighted by Crippen LogP contribution is 2.34. The first-order chi connectivity index (χ1) is 20.8. The maximum absolute atomic E-state index is 5.03. The highest BCUT2D eigenvalue weighted by atomic mass is 14.7. The van der Waals surface area contributed by atoms with Gasteiger partial charge in [0, 0.05) is 22.3 Å². The molecule has 0 radical (unpaired) electrons. The molecule has 0 unspecified atom stereocenters. The van der Waals surface area contributed by atoms with Gasteiger partial charge in [-0.1, -0.05) is 146 Å². The van der Waals surface area contributed by atoms with Crippen LogP contribution in [0, 0.1) is 0 Å². The van der Waals surface area contributed by atoms with Gasteiger partial charge in [-0.05, 0) is 46.5 Å². The Morgan fingerprint density at radius 1 is 0.214 bits per heavy atom. The second-order valence-electron chi connectivity index (χ2n) is 10.3. The summed E-state index contributed by atoms with van der Waals surface area (Å²) >= 11 is 0. The maximum atomic E-state index is 5.03. The summed E-state index contributed by atoms with van der Waals surface area (Å²) in [5.74, 6) is 0. The Morgan fingerprint density at radius 2 is 0.452 bits per heavy atom. The van der Waals surface area contributed by atoms with Crippen molar-refractivity contribution in [2.45, 2.75) is 0 Å². The van der Waals surface area contributed by atoms with Gasteiger partial charge in [-0.25, -0.2) is 9.97 Å². The molecule has 0 aliphatic rings. The second kappa shape index (κ2) is 11.5. The molecule has 0 N–H and O–H groups in total. The predicted octanol–water partition coefficient (Wildman–Crippen LogP) is 10.5. The fraction of sp³-hybridized carbons (Fsp3) is 0. The minimum Gasteiger partial charge on any atom is -0.248 e. The number of pyridine rings is 2. The SMILES string of the molecule is c1ccc(-c2cc(-c3ccc(-c4cc(-c5ccccc5)nc(-c5ccccc5)c4)cc3)cc(-c3ccccc3)n2)cc1. The van der Waals surface area contributed by atoms with Gasteiger partial charge in [-0.15, -0.1) is 0 Å². The summed E-state index contributed by atoms with van der Waals surface area (Å²) < 4.78 is 0. The van der Waals surface area contributed by atoms with Crippen molar-refractivity contribution in [1.82, 2.24) is 9.97 Å². The van der Waals surface area contributed by atoms with E-state index in [-0.39, 0.29) is 0 Å². The van der Waals surface area contributed by atoms with E-state index in [2.05, 4.69) is 146 Å². The first kappa shape index (κ1) is 25.4. The summed E-state index contributed by atoms with van der Waals surface area (Å²) in [4.78, 5) is 10.1. The molecule has 0 atom stereocenters. The highest BCUT2D eigenvalue weighted by Gasteiger charge is 2.11. The predicted molar refractivity (Wildman–Crippen MR) is 175 cm³/mol. The molecule has 5 aromatic carbocycles. The van der Waals surface area contributed by atoms with Crippen molar-refractivity contribution < 1.29 is 0 Å². The van der Waals surface area contributed by atoms with E-state index in [0.29, 0.717) is 0 Å². The zero-order chi connectivity index (χ0) is 28.1. The number of benzene rings is 5. The molecular formula is C40H28N2. The van der Waals surface area contributed by atoms with Crippen LogP contribution in [0.15, 0.2) is 170 Å². The average molecular weight is 537 g/mol. The van der Waals surface area contributed by atoms with Crippen molar-refractivity contribution in [1.29, 1.82) is 0 Å². The lowest BCUT2D eigenvalue weighted by Gasteiger charge is -2.12. The van der Waals surface area contributed by atoms with Gasteiger partial charge in [0.1, 0.15) is 0 Å². The molecule has 0 saturated heterocycles. The van der Waals surface area contributed by atoms with Gasteiger partial charge >= 0.3 is 0 Å². The van der Waals surface area contributed by atoms with Gasteiger partial charge in [0.25, 0.3) is 0 Å². The first-order valence-electron chi connectivity index (χ1n) is 14.2. The molecule has 42 heavy (non-hydrogen) atoms. The zero-order valence-corrected chi connectivity index (χ0v) is 23.1. The number of rotatable bonds is 6.